The van der Waals surface area contributed by atoms with Gasteiger partial charge in [-0.3, -0.25) is 4.99 Å². The SMILES string of the molecule is CN=C(NCc1c(OC)cc(OC)cc1OC)NCC1(C)CCCS1.I. The minimum absolute atomic E-state index is 0. The number of ether oxygens (including phenoxy) is 3. The highest BCUT2D eigenvalue weighted by Crippen LogP contribution is 2.37. The maximum Gasteiger partial charge on any atom is 0.191 e. The number of hydrogen-bond acceptors (Lipinski definition) is 5. The van der Waals surface area contributed by atoms with Gasteiger partial charge in [0.15, 0.2) is 5.96 Å². The lowest BCUT2D eigenvalue weighted by Gasteiger charge is -2.24. The summed E-state index contributed by atoms with van der Waals surface area (Å²) in [6.45, 7) is 3.74. The molecule has 8 heteroatoms. The van der Waals surface area contributed by atoms with Crippen molar-refractivity contribution in [3.05, 3.63) is 17.7 Å². The first-order valence-electron chi connectivity index (χ1n) is 8.42. The molecule has 0 amide bonds. The Morgan fingerprint density at radius 2 is 1.81 bits per heavy atom. The largest absolute Gasteiger partial charge is 0.496 e. The standard InChI is InChI=1S/C18H29N3O3S.HI/c1-18(7-6-8-25-18)12-21-17(19-2)20-11-14-15(23-4)9-13(22-3)10-16(14)24-5;/h9-10H,6-8,11-12H2,1-5H3,(H2,19,20,21);1H. The van der Waals surface area contributed by atoms with Crippen molar-refractivity contribution in [1.29, 1.82) is 0 Å². The number of guanidine groups is 1. The van der Waals surface area contributed by atoms with Crippen LogP contribution in [0.15, 0.2) is 17.1 Å². The average molecular weight is 495 g/mol. The molecule has 1 aromatic rings. The van der Waals surface area contributed by atoms with Crippen LogP contribution < -0.4 is 24.8 Å². The molecule has 0 aromatic heterocycles. The Balaban J connectivity index is 0.00000338. The molecular weight excluding hydrogens is 465 g/mol. The summed E-state index contributed by atoms with van der Waals surface area (Å²) in [7, 11) is 6.69. The number of hydrogen-bond donors (Lipinski definition) is 2. The first-order valence-corrected chi connectivity index (χ1v) is 9.41. The van der Waals surface area contributed by atoms with E-state index in [1.165, 1.54) is 18.6 Å². The molecule has 1 atom stereocenters. The second-order valence-corrected chi connectivity index (χ2v) is 7.87. The summed E-state index contributed by atoms with van der Waals surface area (Å²) in [4.78, 5) is 4.32. The van der Waals surface area contributed by atoms with E-state index in [2.05, 4.69) is 22.5 Å². The lowest BCUT2D eigenvalue weighted by atomic mass is 10.1. The van der Waals surface area contributed by atoms with Gasteiger partial charge in [-0.05, 0) is 25.5 Å². The molecule has 26 heavy (non-hydrogen) atoms. The molecule has 1 saturated heterocycles. The lowest BCUT2D eigenvalue weighted by molar-refractivity contribution is 0.368. The Morgan fingerprint density at radius 1 is 1.15 bits per heavy atom. The van der Waals surface area contributed by atoms with Crippen LogP contribution in [0.4, 0.5) is 0 Å². The summed E-state index contributed by atoms with van der Waals surface area (Å²) in [6, 6.07) is 3.71. The molecule has 0 bridgehead atoms. The predicted octanol–water partition coefficient (Wildman–Crippen LogP) is 3.28. The van der Waals surface area contributed by atoms with Crippen molar-refractivity contribution in [3.63, 3.8) is 0 Å². The fourth-order valence-electron chi connectivity index (χ4n) is 2.89. The van der Waals surface area contributed by atoms with E-state index in [4.69, 9.17) is 14.2 Å². The molecule has 1 aromatic carbocycles. The van der Waals surface area contributed by atoms with Gasteiger partial charge in [0.1, 0.15) is 17.2 Å². The molecule has 0 radical (unpaired) electrons. The van der Waals surface area contributed by atoms with Gasteiger partial charge in [0.25, 0.3) is 0 Å². The van der Waals surface area contributed by atoms with Gasteiger partial charge in [-0.2, -0.15) is 11.8 Å². The fraction of sp³-hybridized carbons (Fsp3) is 0.611. The molecule has 1 aliphatic rings. The average Bonchev–Trinajstić information content (AvgIpc) is 3.08. The zero-order valence-electron chi connectivity index (χ0n) is 16.2. The Morgan fingerprint density at radius 3 is 2.27 bits per heavy atom. The normalized spacial score (nSPS) is 19.5. The number of benzene rings is 1. The topological polar surface area (TPSA) is 64.1 Å². The minimum Gasteiger partial charge on any atom is -0.496 e. The van der Waals surface area contributed by atoms with Crippen LogP contribution >= 0.6 is 35.7 Å². The van der Waals surface area contributed by atoms with Crippen molar-refractivity contribution in [3.8, 4) is 17.2 Å². The molecule has 6 nitrogen and oxygen atoms in total. The monoisotopic (exact) mass is 495 g/mol. The highest BCUT2D eigenvalue weighted by molar-refractivity contribution is 14.0. The molecule has 1 unspecified atom stereocenters. The van der Waals surface area contributed by atoms with E-state index in [1.54, 1.807) is 28.4 Å². The number of nitrogens with zero attached hydrogens (tertiary/aromatic N) is 1. The van der Waals surface area contributed by atoms with Crippen molar-refractivity contribution < 1.29 is 14.2 Å². The smallest absolute Gasteiger partial charge is 0.191 e. The van der Waals surface area contributed by atoms with E-state index >= 15 is 0 Å². The van der Waals surface area contributed by atoms with Crippen LogP contribution in [0.1, 0.15) is 25.3 Å². The summed E-state index contributed by atoms with van der Waals surface area (Å²) in [6.07, 6.45) is 2.52. The third-order valence-electron chi connectivity index (χ3n) is 4.40. The molecule has 2 rings (SSSR count). The number of rotatable bonds is 7. The molecule has 2 N–H and O–H groups in total. The molecule has 0 spiro atoms. The molecule has 148 valence electrons. The summed E-state index contributed by atoms with van der Waals surface area (Å²) >= 11 is 2.03. The van der Waals surface area contributed by atoms with Crippen molar-refractivity contribution in [2.45, 2.75) is 31.1 Å². The summed E-state index contributed by atoms with van der Waals surface area (Å²) < 4.78 is 16.6. The number of halogens is 1. The van der Waals surface area contributed by atoms with Crippen LogP contribution in [0.25, 0.3) is 0 Å². The quantitative estimate of drug-likeness (QED) is 0.344. The Labute approximate surface area is 177 Å². The van der Waals surface area contributed by atoms with Crippen LogP contribution in [-0.2, 0) is 6.54 Å². The van der Waals surface area contributed by atoms with E-state index in [1.807, 2.05) is 23.9 Å². The van der Waals surface area contributed by atoms with Gasteiger partial charge in [0, 0.05) is 30.5 Å². The first kappa shape index (κ1) is 23.0. The molecule has 1 aliphatic heterocycles. The minimum atomic E-state index is 0. The molecule has 0 saturated carbocycles. The van der Waals surface area contributed by atoms with Crippen LogP contribution in [0.5, 0.6) is 17.2 Å². The van der Waals surface area contributed by atoms with Crippen LogP contribution in [0.3, 0.4) is 0 Å². The summed E-state index contributed by atoms with van der Waals surface area (Å²) in [5.74, 6) is 4.15. The lowest BCUT2D eigenvalue weighted by Crippen LogP contribution is -2.43. The maximum absolute atomic E-state index is 5.49. The number of aliphatic imine (C=N–C) groups is 1. The van der Waals surface area contributed by atoms with Crippen LogP contribution in [-0.4, -0.2) is 51.4 Å². The van der Waals surface area contributed by atoms with E-state index in [0.717, 1.165) is 29.6 Å². The van der Waals surface area contributed by atoms with E-state index < -0.39 is 0 Å². The van der Waals surface area contributed by atoms with Gasteiger partial charge in [0.05, 0.1) is 33.4 Å². The fourth-order valence-corrected chi connectivity index (χ4v) is 4.14. The highest BCUT2D eigenvalue weighted by Gasteiger charge is 2.29. The van der Waals surface area contributed by atoms with Gasteiger partial charge in [0.2, 0.25) is 0 Å². The van der Waals surface area contributed by atoms with Gasteiger partial charge in [-0.15, -0.1) is 24.0 Å². The Kier molecular flexibility index (Phi) is 9.70. The third kappa shape index (κ3) is 6.00. The Bertz CT molecular complexity index is 582. The Hall–Kier alpha value is -1.03. The summed E-state index contributed by atoms with van der Waals surface area (Å²) in [5, 5.41) is 6.77. The van der Waals surface area contributed by atoms with Gasteiger partial charge < -0.3 is 24.8 Å². The van der Waals surface area contributed by atoms with Crippen molar-refractivity contribution in [1.82, 2.24) is 10.6 Å². The van der Waals surface area contributed by atoms with E-state index in [-0.39, 0.29) is 28.7 Å². The second-order valence-electron chi connectivity index (χ2n) is 6.19. The molecule has 0 aliphatic carbocycles. The summed E-state index contributed by atoms with van der Waals surface area (Å²) in [5.41, 5.74) is 0.926. The second kappa shape index (κ2) is 11.0. The van der Waals surface area contributed by atoms with Gasteiger partial charge >= 0.3 is 0 Å². The molecule has 1 heterocycles. The zero-order chi connectivity index (χ0) is 18.3. The van der Waals surface area contributed by atoms with Gasteiger partial charge in [-0.1, -0.05) is 0 Å². The van der Waals surface area contributed by atoms with Crippen molar-refractivity contribution in [2.75, 3.05) is 40.7 Å². The van der Waals surface area contributed by atoms with Crippen molar-refractivity contribution >= 4 is 41.7 Å². The van der Waals surface area contributed by atoms with Crippen LogP contribution in [0, 0.1) is 0 Å². The number of nitrogens with one attached hydrogen (secondary N) is 2. The third-order valence-corrected chi connectivity index (χ3v) is 5.94. The maximum atomic E-state index is 5.49. The van der Waals surface area contributed by atoms with Crippen molar-refractivity contribution in [2.24, 2.45) is 4.99 Å². The van der Waals surface area contributed by atoms with Crippen LogP contribution in [0.2, 0.25) is 0 Å². The zero-order valence-corrected chi connectivity index (χ0v) is 19.3. The predicted molar refractivity (Wildman–Crippen MR) is 120 cm³/mol. The number of thioether (sulfide) groups is 1. The van der Waals surface area contributed by atoms with E-state index in [0.29, 0.717) is 12.3 Å². The first-order chi connectivity index (χ1) is 12.0. The number of methoxy groups -OCH3 is 3. The highest BCUT2D eigenvalue weighted by atomic mass is 127. The van der Waals surface area contributed by atoms with E-state index in [9.17, 15) is 0 Å². The molecular formula is C18H30IN3O3S. The molecule has 1 fully saturated rings. The van der Waals surface area contributed by atoms with Gasteiger partial charge in [-0.25, -0.2) is 0 Å².